The van der Waals surface area contributed by atoms with Gasteiger partial charge in [-0.2, -0.15) is 0 Å². The first-order valence-electron chi connectivity index (χ1n) is 9.19. The lowest BCUT2D eigenvalue weighted by atomic mass is 10.1. The molecule has 144 valence electrons. The highest BCUT2D eigenvalue weighted by Crippen LogP contribution is 2.22. The van der Waals surface area contributed by atoms with Crippen molar-refractivity contribution in [3.63, 3.8) is 0 Å². The minimum absolute atomic E-state index is 0. The molecule has 0 unspecified atom stereocenters. The van der Waals surface area contributed by atoms with Gasteiger partial charge in [0, 0.05) is 39.8 Å². The second-order valence-corrected chi connectivity index (χ2v) is 6.53. The molecule has 1 aromatic carbocycles. The fraction of sp³-hybridized carbons (Fsp3) is 0.579. The first-order chi connectivity index (χ1) is 12.2. The van der Waals surface area contributed by atoms with Gasteiger partial charge in [-0.15, -0.1) is 24.0 Å². The first kappa shape index (κ1) is 20.8. The molecule has 1 amide bonds. The van der Waals surface area contributed by atoms with Crippen molar-refractivity contribution in [3.8, 4) is 0 Å². The van der Waals surface area contributed by atoms with E-state index in [1.165, 1.54) is 36.0 Å². The topological polar surface area (TPSA) is 57.2 Å². The quantitative estimate of drug-likeness (QED) is 0.418. The predicted octanol–water partition coefficient (Wildman–Crippen LogP) is 2.64. The van der Waals surface area contributed by atoms with Gasteiger partial charge < -0.3 is 19.9 Å². The van der Waals surface area contributed by atoms with Crippen LogP contribution in [0.2, 0.25) is 0 Å². The fourth-order valence-electron chi connectivity index (χ4n) is 3.56. The van der Waals surface area contributed by atoms with Crippen LogP contribution in [0.1, 0.15) is 30.0 Å². The van der Waals surface area contributed by atoms with Gasteiger partial charge in [-0.05, 0) is 42.9 Å². The Morgan fingerprint density at radius 1 is 1.15 bits per heavy atom. The lowest BCUT2D eigenvalue weighted by Gasteiger charge is -2.35. The molecule has 0 atom stereocenters. The second kappa shape index (κ2) is 9.99. The van der Waals surface area contributed by atoms with Gasteiger partial charge >= 0.3 is 6.09 Å². The number of nitrogens with zero attached hydrogens (tertiary/aromatic N) is 3. The second-order valence-electron chi connectivity index (χ2n) is 6.53. The van der Waals surface area contributed by atoms with Gasteiger partial charge in [0.1, 0.15) is 0 Å². The summed E-state index contributed by atoms with van der Waals surface area (Å²) in [4.78, 5) is 20.1. The van der Waals surface area contributed by atoms with Crippen LogP contribution >= 0.6 is 24.0 Å². The molecule has 3 rings (SSSR count). The Morgan fingerprint density at radius 3 is 2.54 bits per heavy atom. The van der Waals surface area contributed by atoms with Gasteiger partial charge in [-0.1, -0.05) is 18.2 Å². The normalized spacial score (nSPS) is 16.8. The Morgan fingerprint density at radius 2 is 1.85 bits per heavy atom. The summed E-state index contributed by atoms with van der Waals surface area (Å²) in [5.41, 5.74) is 4.30. The van der Waals surface area contributed by atoms with E-state index in [2.05, 4.69) is 33.4 Å². The number of carbonyl (C=O) groups is 1. The third-order valence-corrected chi connectivity index (χ3v) is 4.93. The van der Waals surface area contributed by atoms with Crippen molar-refractivity contribution in [1.82, 2.24) is 15.1 Å². The average molecular weight is 472 g/mol. The molecule has 26 heavy (non-hydrogen) atoms. The molecule has 1 aliphatic carbocycles. The molecule has 1 aromatic rings. The van der Waals surface area contributed by atoms with Crippen LogP contribution in [0.4, 0.5) is 4.79 Å². The van der Waals surface area contributed by atoms with Gasteiger partial charge in [0.05, 0.1) is 6.61 Å². The van der Waals surface area contributed by atoms with Crippen LogP contribution in [-0.2, 0) is 24.1 Å². The number of halogens is 1. The Bertz CT molecular complexity index is 642. The molecule has 1 fully saturated rings. The molecule has 0 saturated carbocycles. The number of aliphatic imine (C=N–C) groups is 1. The Labute approximate surface area is 173 Å². The molecular formula is C19H29IN4O2. The Balaban J connectivity index is 0.00000243. The molecule has 0 spiro atoms. The van der Waals surface area contributed by atoms with Gasteiger partial charge in [0.2, 0.25) is 0 Å². The number of nitrogens with one attached hydrogen (secondary N) is 1. The van der Waals surface area contributed by atoms with Crippen LogP contribution < -0.4 is 5.32 Å². The number of hydrogen-bond donors (Lipinski definition) is 1. The van der Waals surface area contributed by atoms with Crippen LogP contribution in [0.15, 0.2) is 23.2 Å². The van der Waals surface area contributed by atoms with E-state index in [4.69, 9.17) is 4.74 Å². The zero-order valence-electron chi connectivity index (χ0n) is 15.7. The number of benzene rings is 1. The number of carbonyl (C=O) groups excluding carboxylic acids is 1. The van der Waals surface area contributed by atoms with E-state index in [-0.39, 0.29) is 30.1 Å². The Hall–Kier alpha value is -1.51. The van der Waals surface area contributed by atoms with E-state index in [9.17, 15) is 4.79 Å². The number of amides is 1. The number of ether oxygens (including phenoxy) is 1. The first-order valence-corrected chi connectivity index (χ1v) is 9.19. The highest BCUT2D eigenvalue weighted by atomic mass is 127. The van der Waals surface area contributed by atoms with Gasteiger partial charge in [-0.25, -0.2) is 4.79 Å². The minimum atomic E-state index is -0.219. The molecule has 6 nitrogen and oxygen atoms in total. The molecular weight excluding hydrogens is 443 g/mol. The summed E-state index contributed by atoms with van der Waals surface area (Å²) >= 11 is 0. The summed E-state index contributed by atoms with van der Waals surface area (Å²) in [7, 11) is 1.81. The number of hydrogen-bond acceptors (Lipinski definition) is 3. The van der Waals surface area contributed by atoms with Gasteiger partial charge in [0.25, 0.3) is 0 Å². The van der Waals surface area contributed by atoms with E-state index in [0.29, 0.717) is 19.7 Å². The summed E-state index contributed by atoms with van der Waals surface area (Å²) in [6.07, 6.45) is 3.48. The third-order valence-electron chi connectivity index (χ3n) is 4.93. The molecule has 7 heteroatoms. The number of fused-ring (bicyclic) bond motifs is 1. The number of rotatable bonds is 3. The maximum atomic E-state index is 11.8. The maximum absolute atomic E-state index is 11.8. The van der Waals surface area contributed by atoms with Crippen molar-refractivity contribution in [3.05, 3.63) is 34.9 Å². The predicted molar refractivity (Wildman–Crippen MR) is 114 cm³/mol. The summed E-state index contributed by atoms with van der Waals surface area (Å²) in [5, 5.41) is 3.46. The van der Waals surface area contributed by atoms with Crippen LogP contribution in [0.3, 0.4) is 0 Å². The van der Waals surface area contributed by atoms with Crippen molar-refractivity contribution in [1.29, 1.82) is 0 Å². The molecule has 1 aliphatic heterocycles. The summed E-state index contributed by atoms with van der Waals surface area (Å²) < 4.78 is 5.07. The van der Waals surface area contributed by atoms with Crippen molar-refractivity contribution < 1.29 is 9.53 Å². The molecule has 0 bridgehead atoms. The highest BCUT2D eigenvalue weighted by Gasteiger charge is 2.23. The summed E-state index contributed by atoms with van der Waals surface area (Å²) in [5.74, 6) is 0.893. The standard InChI is InChI=1S/C19H28N4O2.HI/c1-3-25-19(24)23-11-9-22(10-12-23)18(20-2)21-14-15-7-8-16-5-4-6-17(16)13-15;/h7-8,13H,3-6,9-12,14H2,1-2H3,(H,20,21);1H. The van der Waals surface area contributed by atoms with E-state index in [1.54, 1.807) is 4.90 Å². The summed E-state index contributed by atoms with van der Waals surface area (Å²) in [6, 6.07) is 6.80. The van der Waals surface area contributed by atoms with Gasteiger partial charge in [-0.3, -0.25) is 4.99 Å². The van der Waals surface area contributed by atoms with Crippen molar-refractivity contribution >= 4 is 36.0 Å². The van der Waals surface area contributed by atoms with Crippen LogP contribution in [0.25, 0.3) is 0 Å². The van der Waals surface area contributed by atoms with Crippen LogP contribution in [0.5, 0.6) is 0 Å². The Kier molecular flexibility index (Phi) is 7.99. The monoisotopic (exact) mass is 472 g/mol. The van der Waals surface area contributed by atoms with E-state index in [1.807, 2.05) is 14.0 Å². The molecule has 1 N–H and O–H groups in total. The number of guanidine groups is 1. The smallest absolute Gasteiger partial charge is 0.409 e. The van der Waals surface area contributed by atoms with Gasteiger partial charge in [0.15, 0.2) is 5.96 Å². The summed E-state index contributed by atoms with van der Waals surface area (Å²) in [6.45, 7) is 5.89. The largest absolute Gasteiger partial charge is 0.450 e. The zero-order valence-corrected chi connectivity index (χ0v) is 18.0. The molecule has 1 saturated heterocycles. The molecule has 1 heterocycles. The molecule has 2 aliphatic rings. The minimum Gasteiger partial charge on any atom is -0.450 e. The lowest BCUT2D eigenvalue weighted by molar-refractivity contribution is 0.0914. The van der Waals surface area contributed by atoms with E-state index >= 15 is 0 Å². The fourth-order valence-corrected chi connectivity index (χ4v) is 3.56. The van der Waals surface area contributed by atoms with Crippen molar-refractivity contribution in [2.75, 3.05) is 39.8 Å². The van der Waals surface area contributed by atoms with Crippen molar-refractivity contribution in [2.24, 2.45) is 4.99 Å². The van der Waals surface area contributed by atoms with E-state index < -0.39 is 0 Å². The molecule has 0 aromatic heterocycles. The van der Waals surface area contributed by atoms with Crippen LogP contribution in [-0.4, -0.2) is 61.7 Å². The number of piperazine rings is 1. The highest BCUT2D eigenvalue weighted by molar-refractivity contribution is 14.0. The maximum Gasteiger partial charge on any atom is 0.409 e. The number of aryl methyl sites for hydroxylation is 2. The zero-order chi connectivity index (χ0) is 17.6. The van der Waals surface area contributed by atoms with Crippen LogP contribution in [0, 0.1) is 0 Å². The third kappa shape index (κ3) is 5.02. The SMILES string of the molecule is CCOC(=O)N1CCN(C(=NC)NCc2ccc3c(c2)CCC3)CC1.I. The average Bonchev–Trinajstić information content (AvgIpc) is 3.11. The molecule has 0 radical (unpaired) electrons. The van der Waals surface area contributed by atoms with Crippen molar-refractivity contribution in [2.45, 2.75) is 32.7 Å². The lowest BCUT2D eigenvalue weighted by Crippen LogP contribution is -2.53. The van der Waals surface area contributed by atoms with E-state index in [0.717, 1.165) is 25.6 Å².